The van der Waals surface area contributed by atoms with Gasteiger partial charge < -0.3 is 9.84 Å². The van der Waals surface area contributed by atoms with Crippen LogP contribution in [-0.4, -0.2) is 24.3 Å². The van der Waals surface area contributed by atoms with Crippen molar-refractivity contribution >= 4 is 5.97 Å². The molecule has 0 radical (unpaired) electrons. The smallest absolute Gasteiger partial charge is 0.307 e. The summed E-state index contributed by atoms with van der Waals surface area (Å²) in [6, 6.07) is 0. The van der Waals surface area contributed by atoms with Crippen molar-refractivity contribution in [3.63, 3.8) is 0 Å². The van der Waals surface area contributed by atoms with Crippen molar-refractivity contribution in [3.05, 3.63) is 35.5 Å². The van der Waals surface area contributed by atoms with Crippen LogP contribution in [-0.2, 0) is 9.53 Å². The van der Waals surface area contributed by atoms with Gasteiger partial charge in [0.1, 0.15) is 0 Å². The third-order valence-electron chi connectivity index (χ3n) is 7.94. The van der Waals surface area contributed by atoms with Crippen LogP contribution in [0, 0.1) is 28.6 Å². The second-order valence-electron chi connectivity index (χ2n) is 8.97. The van der Waals surface area contributed by atoms with E-state index in [9.17, 15) is 9.90 Å². The van der Waals surface area contributed by atoms with Crippen LogP contribution < -0.4 is 0 Å². The Balaban J connectivity index is 1.73. The number of carbonyl (C=O) groups is 1. The average molecular weight is 342 g/mol. The summed E-state index contributed by atoms with van der Waals surface area (Å²) < 4.78 is 5.84. The van der Waals surface area contributed by atoms with Crippen LogP contribution in [0.15, 0.2) is 35.5 Å². The van der Waals surface area contributed by atoms with E-state index in [0.29, 0.717) is 29.3 Å². The van der Waals surface area contributed by atoms with Gasteiger partial charge in [0.15, 0.2) is 0 Å². The lowest BCUT2D eigenvalue weighted by molar-refractivity contribution is -0.136. The Morgan fingerprint density at radius 3 is 2.80 bits per heavy atom. The molecule has 4 aliphatic carbocycles. The van der Waals surface area contributed by atoms with E-state index in [1.807, 2.05) is 7.11 Å². The first kappa shape index (κ1) is 17.1. The fourth-order valence-electron chi connectivity index (χ4n) is 6.71. The van der Waals surface area contributed by atoms with E-state index in [2.05, 4.69) is 38.2 Å². The predicted molar refractivity (Wildman–Crippen MR) is 98.1 cm³/mol. The minimum atomic E-state index is -0.717. The summed E-state index contributed by atoms with van der Waals surface area (Å²) in [5.41, 5.74) is 2.67. The SMILES string of the molecule is CO[C@@H]1CC[C@H]2[C@@H]3C=CC4=C(CC(=O)O)CC=C[C@]4(C)[C@H]3CC[C@]12C. The number of methoxy groups -OCH3 is 1. The summed E-state index contributed by atoms with van der Waals surface area (Å²) in [4.78, 5) is 11.3. The lowest BCUT2D eigenvalue weighted by Crippen LogP contribution is -2.49. The van der Waals surface area contributed by atoms with E-state index in [1.54, 1.807) is 0 Å². The third-order valence-corrected chi connectivity index (χ3v) is 7.94. The molecule has 6 atom stereocenters. The van der Waals surface area contributed by atoms with Gasteiger partial charge in [-0.15, -0.1) is 0 Å². The lowest BCUT2D eigenvalue weighted by atomic mass is 9.50. The first-order valence-corrected chi connectivity index (χ1v) is 9.73. The van der Waals surface area contributed by atoms with Crippen LogP contribution in [0.2, 0.25) is 0 Å². The molecule has 0 spiro atoms. The van der Waals surface area contributed by atoms with Gasteiger partial charge in [-0.2, -0.15) is 0 Å². The molecule has 4 aliphatic rings. The van der Waals surface area contributed by atoms with Crippen molar-refractivity contribution in [2.75, 3.05) is 7.11 Å². The number of allylic oxidation sites excluding steroid dienone is 5. The number of carboxylic acids is 1. The van der Waals surface area contributed by atoms with E-state index in [0.717, 1.165) is 12.0 Å². The van der Waals surface area contributed by atoms with Crippen LogP contribution in [0.5, 0.6) is 0 Å². The van der Waals surface area contributed by atoms with E-state index < -0.39 is 5.97 Å². The van der Waals surface area contributed by atoms with Crippen LogP contribution in [0.1, 0.15) is 52.4 Å². The highest BCUT2D eigenvalue weighted by Gasteiger charge is 2.57. The van der Waals surface area contributed by atoms with E-state index >= 15 is 0 Å². The molecule has 136 valence electrons. The Morgan fingerprint density at radius 2 is 2.08 bits per heavy atom. The van der Waals surface area contributed by atoms with Gasteiger partial charge in [-0.05, 0) is 60.8 Å². The number of hydrogen-bond donors (Lipinski definition) is 1. The monoisotopic (exact) mass is 342 g/mol. The molecular formula is C22H30O3. The van der Waals surface area contributed by atoms with E-state index in [1.165, 1.54) is 31.3 Å². The Kier molecular flexibility index (Phi) is 3.99. The average Bonchev–Trinajstić information content (AvgIpc) is 2.90. The van der Waals surface area contributed by atoms with Crippen LogP contribution in [0.3, 0.4) is 0 Å². The maximum Gasteiger partial charge on any atom is 0.307 e. The highest BCUT2D eigenvalue weighted by Crippen LogP contribution is 2.63. The van der Waals surface area contributed by atoms with Gasteiger partial charge >= 0.3 is 5.97 Å². The minimum absolute atomic E-state index is 0.00502. The quantitative estimate of drug-likeness (QED) is 0.753. The number of hydrogen-bond acceptors (Lipinski definition) is 2. The molecule has 0 aromatic heterocycles. The zero-order valence-corrected chi connectivity index (χ0v) is 15.6. The maximum absolute atomic E-state index is 11.3. The summed E-state index contributed by atoms with van der Waals surface area (Å²) in [7, 11) is 1.87. The molecular weight excluding hydrogens is 312 g/mol. The molecule has 0 bridgehead atoms. The third kappa shape index (κ3) is 2.38. The van der Waals surface area contributed by atoms with Crippen LogP contribution in [0.4, 0.5) is 0 Å². The maximum atomic E-state index is 11.3. The Labute approximate surface area is 150 Å². The van der Waals surface area contributed by atoms with Crippen LogP contribution >= 0.6 is 0 Å². The molecule has 0 aliphatic heterocycles. The molecule has 3 heteroatoms. The van der Waals surface area contributed by atoms with Gasteiger partial charge in [-0.1, -0.05) is 43.7 Å². The number of aliphatic carboxylic acids is 1. The standard InChI is InChI=1S/C22H30O3/c1-21-11-4-5-14(13-20(23)24)16(21)7-6-15-17-8-9-19(25-3)22(17,2)12-10-18(15)21/h4,6-7,11,15,17-19H,5,8-10,12-13H2,1-3H3,(H,23,24)/t15-,17-,18-,19+,21-,22-/m0/s1. The fourth-order valence-corrected chi connectivity index (χ4v) is 6.71. The Hall–Kier alpha value is -1.35. The zero-order valence-electron chi connectivity index (χ0n) is 15.6. The van der Waals surface area contributed by atoms with Gasteiger partial charge in [0.25, 0.3) is 0 Å². The molecule has 0 aromatic rings. The van der Waals surface area contributed by atoms with E-state index in [-0.39, 0.29) is 11.8 Å². The molecule has 3 nitrogen and oxygen atoms in total. The summed E-state index contributed by atoms with van der Waals surface area (Å²) in [5, 5.41) is 9.29. The second-order valence-corrected chi connectivity index (χ2v) is 8.97. The summed E-state index contributed by atoms with van der Waals surface area (Å²) >= 11 is 0. The predicted octanol–water partition coefficient (Wildman–Crippen LogP) is 4.75. The van der Waals surface area contributed by atoms with E-state index in [4.69, 9.17) is 4.74 Å². The van der Waals surface area contributed by atoms with Gasteiger partial charge in [-0.25, -0.2) is 0 Å². The molecule has 2 fully saturated rings. The molecule has 4 rings (SSSR count). The summed E-state index contributed by atoms with van der Waals surface area (Å²) in [5.74, 6) is 1.14. The topological polar surface area (TPSA) is 46.5 Å². The van der Waals surface area contributed by atoms with Gasteiger partial charge in [0.05, 0.1) is 12.5 Å². The number of carboxylic acid groups (broad SMARTS) is 1. The van der Waals surface area contributed by atoms with Crippen LogP contribution in [0.25, 0.3) is 0 Å². The molecule has 2 saturated carbocycles. The molecule has 1 N–H and O–H groups in total. The highest BCUT2D eigenvalue weighted by atomic mass is 16.5. The molecule has 0 aromatic carbocycles. The highest BCUT2D eigenvalue weighted by molar-refractivity contribution is 5.71. The molecule has 0 amide bonds. The minimum Gasteiger partial charge on any atom is -0.481 e. The fraction of sp³-hybridized carbons (Fsp3) is 0.682. The number of fused-ring (bicyclic) bond motifs is 5. The molecule has 0 unspecified atom stereocenters. The first-order valence-electron chi connectivity index (χ1n) is 9.73. The molecule has 0 saturated heterocycles. The first-order chi connectivity index (χ1) is 11.9. The van der Waals surface area contributed by atoms with Gasteiger partial charge in [0, 0.05) is 12.5 Å². The molecule has 0 heterocycles. The largest absolute Gasteiger partial charge is 0.481 e. The summed E-state index contributed by atoms with van der Waals surface area (Å²) in [6.07, 6.45) is 15.5. The van der Waals surface area contributed by atoms with Crippen molar-refractivity contribution in [1.29, 1.82) is 0 Å². The van der Waals surface area contributed by atoms with Crippen molar-refractivity contribution in [3.8, 4) is 0 Å². The lowest BCUT2D eigenvalue weighted by Gasteiger charge is -2.55. The Morgan fingerprint density at radius 1 is 1.28 bits per heavy atom. The van der Waals surface area contributed by atoms with Crippen molar-refractivity contribution < 1.29 is 14.6 Å². The second kappa shape index (κ2) is 5.84. The van der Waals surface area contributed by atoms with Crippen molar-refractivity contribution in [1.82, 2.24) is 0 Å². The molecule has 25 heavy (non-hydrogen) atoms. The Bertz CT molecular complexity index is 673. The van der Waals surface area contributed by atoms with Gasteiger partial charge in [-0.3, -0.25) is 4.79 Å². The van der Waals surface area contributed by atoms with Crippen molar-refractivity contribution in [2.24, 2.45) is 28.6 Å². The normalized spacial score (nSPS) is 45.1. The summed E-state index contributed by atoms with van der Waals surface area (Å²) in [6.45, 7) is 4.77. The number of ether oxygens (including phenoxy) is 1. The van der Waals surface area contributed by atoms with Gasteiger partial charge in [0.2, 0.25) is 0 Å². The van der Waals surface area contributed by atoms with Crippen molar-refractivity contribution in [2.45, 2.75) is 58.5 Å². The zero-order chi connectivity index (χ0) is 17.8. The number of rotatable bonds is 3.